The van der Waals surface area contributed by atoms with Crippen molar-refractivity contribution in [2.75, 3.05) is 12.4 Å². The highest BCUT2D eigenvalue weighted by atomic mass is 79.9. The Balaban J connectivity index is 2.28. The second-order valence-electron chi connectivity index (χ2n) is 4.35. The molecule has 5 heteroatoms. The van der Waals surface area contributed by atoms with E-state index >= 15 is 0 Å². The maximum atomic E-state index is 5.33. The van der Waals surface area contributed by atoms with Gasteiger partial charge in [-0.2, -0.15) is 0 Å². The van der Waals surface area contributed by atoms with Crippen molar-refractivity contribution in [3.63, 3.8) is 0 Å². The number of benzene rings is 2. The maximum Gasteiger partial charge on any atom is 0.135 e. The molecule has 1 N–H and O–H groups in total. The van der Waals surface area contributed by atoms with Crippen LogP contribution in [0.3, 0.4) is 0 Å². The van der Waals surface area contributed by atoms with Gasteiger partial charge in [0.1, 0.15) is 5.75 Å². The Labute approximate surface area is 144 Å². The van der Waals surface area contributed by atoms with E-state index in [2.05, 4.69) is 66.1 Å². The Morgan fingerprint density at radius 3 is 2.35 bits per heavy atom. The van der Waals surface area contributed by atoms with Crippen molar-refractivity contribution in [1.82, 2.24) is 0 Å². The molecule has 0 fully saturated rings. The van der Waals surface area contributed by atoms with Gasteiger partial charge in [-0.05, 0) is 56.5 Å². The van der Waals surface area contributed by atoms with Crippen molar-refractivity contribution in [2.45, 2.75) is 13.0 Å². The lowest BCUT2D eigenvalue weighted by molar-refractivity contribution is 0.412. The zero-order valence-electron chi connectivity index (χ0n) is 11.1. The van der Waals surface area contributed by atoms with Crippen molar-refractivity contribution >= 4 is 53.5 Å². The van der Waals surface area contributed by atoms with Gasteiger partial charge in [0.05, 0.1) is 17.3 Å². The first-order valence-corrected chi connectivity index (χ1v) is 8.45. The summed E-state index contributed by atoms with van der Waals surface area (Å²) in [6.07, 6.45) is 0. The van der Waals surface area contributed by atoms with Crippen molar-refractivity contribution in [3.05, 3.63) is 55.4 Å². The summed E-state index contributed by atoms with van der Waals surface area (Å²) in [7, 11) is 1.66. The van der Waals surface area contributed by atoms with Gasteiger partial charge in [-0.15, -0.1) is 0 Å². The summed E-state index contributed by atoms with van der Waals surface area (Å²) < 4.78 is 8.34. The van der Waals surface area contributed by atoms with Gasteiger partial charge in [0, 0.05) is 21.1 Å². The van der Waals surface area contributed by atoms with Crippen LogP contribution >= 0.6 is 47.8 Å². The van der Waals surface area contributed by atoms with Crippen molar-refractivity contribution < 1.29 is 4.74 Å². The normalized spacial score (nSPS) is 12.1. The summed E-state index contributed by atoms with van der Waals surface area (Å²) in [5.74, 6) is 0.801. The number of nitrogens with one attached hydrogen (secondary N) is 1. The minimum absolute atomic E-state index is 0.174. The third-order valence-corrected chi connectivity index (χ3v) is 4.98. The fourth-order valence-corrected chi connectivity index (χ4v) is 3.83. The summed E-state index contributed by atoms with van der Waals surface area (Å²) in [5, 5.41) is 3.49. The van der Waals surface area contributed by atoms with Crippen LogP contribution in [0.2, 0.25) is 0 Å². The Bertz CT molecular complexity index is 616. The number of halogens is 3. The molecule has 0 amide bonds. The molecule has 0 aliphatic carbocycles. The fraction of sp³-hybridized carbons (Fsp3) is 0.200. The third kappa shape index (κ3) is 3.57. The standard InChI is InChI=1S/C15H14Br3NO/c1-9(10-5-3-4-6-11(10)16)19-14-8-15(20-2)13(18)7-12(14)17/h3-9,19H,1-2H3. The van der Waals surface area contributed by atoms with E-state index in [-0.39, 0.29) is 6.04 Å². The first kappa shape index (κ1) is 15.9. The fourth-order valence-electron chi connectivity index (χ4n) is 1.93. The van der Waals surface area contributed by atoms with Crippen LogP contribution in [0.5, 0.6) is 5.75 Å². The highest BCUT2D eigenvalue weighted by molar-refractivity contribution is 9.11. The lowest BCUT2D eigenvalue weighted by atomic mass is 10.1. The second kappa shape index (κ2) is 6.96. The molecule has 106 valence electrons. The molecule has 0 heterocycles. The minimum atomic E-state index is 0.174. The van der Waals surface area contributed by atoms with E-state index in [1.54, 1.807) is 7.11 Å². The lowest BCUT2D eigenvalue weighted by Gasteiger charge is -2.19. The van der Waals surface area contributed by atoms with Crippen LogP contribution in [0.1, 0.15) is 18.5 Å². The Morgan fingerprint density at radius 2 is 1.70 bits per heavy atom. The molecule has 2 aromatic carbocycles. The van der Waals surface area contributed by atoms with Gasteiger partial charge in [0.25, 0.3) is 0 Å². The topological polar surface area (TPSA) is 21.3 Å². The van der Waals surface area contributed by atoms with Gasteiger partial charge in [0.2, 0.25) is 0 Å². The minimum Gasteiger partial charge on any atom is -0.495 e. The number of methoxy groups -OCH3 is 1. The SMILES string of the molecule is COc1cc(NC(C)c2ccccc2Br)c(Br)cc1Br. The monoisotopic (exact) mass is 461 g/mol. The smallest absolute Gasteiger partial charge is 0.135 e. The first-order chi connectivity index (χ1) is 9.52. The number of rotatable bonds is 4. The number of hydrogen-bond acceptors (Lipinski definition) is 2. The highest BCUT2D eigenvalue weighted by Gasteiger charge is 2.12. The Hall–Kier alpha value is -0.520. The molecular formula is C15H14Br3NO. The van der Waals surface area contributed by atoms with Gasteiger partial charge in [-0.3, -0.25) is 0 Å². The maximum absolute atomic E-state index is 5.33. The molecule has 0 saturated heterocycles. The summed E-state index contributed by atoms with van der Waals surface area (Å²) in [6, 6.07) is 12.3. The molecule has 0 saturated carbocycles. The molecule has 0 aliphatic rings. The predicted molar refractivity (Wildman–Crippen MR) is 94.6 cm³/mol. The van der Waals surface area contributed by atoms with Crippen LogP contribution in [0.25, 0.3) is 0 Å². The molecule has 2 rings (SSSR count). The molecule has 1 unspecified atom stereocenters. The lowest BCUT2D eigenvalue weighted by Crippen LogP contribution is -2.08. The summed E-state index contributed by atoms with van der Waals surface area (Å²) in [5.41, 5.74) is 2.20. The van der Waals surface area contributed by atoms with Gasteiger partial charge < -0.3 is 10.1 Å². The summed E-state index contributed by atoms with van der Waals surface area (Å²) in [6.45, 7) is 2.13. The molecule has 0 aliphatic heterocycles. The van der Waals surface area contributed by atoms with Crippen LogP contribution in [-0.2, 0) is 0 Å². The first-order valence-electron chi connectivity index (χ1n) is 6.07. The van der Waals surface area contributed by atoms with E-state index in [1.807, 2.05) is 30.3 Å². The molecule has 0 aromatic heterocycles. The summed E-state index contributed by atoms with van der Waals surface area (Å²) >= 11 is 10.6. The molecule has 1 atom stereocenters. The van der Waals surface area contributed by atoms with E-state index < -0.39 is 0 Å². The summed E-state index contributed by atoms with van der Waals surface area (Å²) in [4.78, 5) is 0. The van der Waals surface area contributed by atoms with Crippen LogP contribution in [0.15, 0.2) is 49.8 Å². The second-order valence-corrected chi connectivity index (χ2v) is 6.92. The average molecular weight is 464 g/mol. The Kier molecular flexibility index (Phi) is 5.52. The number of ether oxygens (including phenoxy) is 1. The van der Waals surface area contributed by atoms with E-state index in [0.29, 0.717) is 0 Å². The van der Waals surface area contributed by atoms with Crippen molar-refractivity contribution in [2.24, 2.45) is 0 Å². The van der Waals surface area contributed by atoms with Crippen LogP contribution < -0.4 is 10.1 Å². The van der Waals surface area contributed by atoms with E-state index in [0.717, 1.165) is 24.9 Å². The molecule has 0 bridgehead atoms. The van der Waals surface area contributed by atoms with E-state index in [4.69, 9.17) is 4.74 Å². The van der Waals surface area contributed by atoms with Gasteiger partial charge in [-0.1, -0.05) is 34.1 Å². The van der Waals surface area contributed by atoms with E-state index in [1.165, 1.54) is 5.56 Å². The number of hydrogen-bond donors (Lipinski definition) is 1. The van der Waals surface area contributed by atoms with Gasteiger partial charge >= 0.3 is 0 Å². The van der Waals surface area contributed by atoms with Crippen LogP contribution in [-0.4, -0.2) is 7.11 Å². The van der Waals surface area contributed by atoms with Gasteiger partial charge in [0.15, 0.2) is 0 Å². The molecule has 2 nitrogen and oxygen atoms in total. The largest absolute Gasteiger partial charge is 0.495 e. The van der Waals surface area contributed by atoms with Crippen molar-refractivity contribution in [3.8, 4) is 5.75 Å². The molecule has 20 heavy (non-hydrogen) atoms. The zero-order chi connectivity index (χ0) is 14.7. The van der Waals surface area contributed by atoms with Crippen LogP contribution in [0, 0.1) is 0 Å². The number of anilines is 1. The average Bonchev–Trinajstić information content (AvgIpc) is 2.42. The Morgan fingerprint density at radius 1 is 1.00 bits per heavy atom. The highest BCUT2D eigenvalue weighted by Crippen LogP contribution is 2.36. The third-order valence-electron chi connectivity index (χ3n) is 2.99. The molecule has 0 spiro atoms. The molecular weight excluding hydrogens is 450 g/mol. The predicted octanol–water partition coefficient (Wildman–Crippen LogP) is 6.16. The zero-order valence-corrected chi connectivity index (χ0v) is 15.8. The molecule has 0 radical (unpaired) electrons. The van der Waals surface area contributed by atoms with E-state index in [9.17, 15) is 0 Å². The van der Waals surface area contributed by atoms with Gasteiger partial charge in [-0.25, -0.2) is 0 Å². The molecule has 2 aromatic rings. The quantitative estimate of drug-likeness (QED) is 0.586. The van der Waals surface area contributed by atoms with Crippen LogP contribution in [0.4, 0.5) is 5.69 Å². The van der Waals surface area contributed by atoms with Crippen molar-refractivity contribution in [1.29, 1.82) is 0 Å².